The van der Waals surface area contributed by atoms with Crippen LogP contribution in [0.25, 0.3) is 0 Å². The number of amidine groups is 1. The van der Waals surface area contributed by atoms with E-state index in [2.05, 4.69) is 24.3 Å². The monoisotopic (exact) mass is 257 g/mol. The Morgan fingerprint density at radius 3 is 2.44 bits per heavy atom. The Hall–Kier alpha value is -1.26. The minimum Gasteiger partial charge on any atom is -0.409 e. The van der Waals surface area contributed by atoms with Crippen molar-refractivity contribution < 1.29 is 10.0 Å². The SMILES string of the molecule is CCCCC(CC)CNC(=O)C(CC)C(N)=NO. The number of carbonyl (C=O) groups is 1. The van der Waals surface area contributed by atoms with Crippen molar-refractivity contribution in [3.05, 3.63) is 0 Å². The van der Waals surface area contributed by atoms with Crippen molar-refractivity contribution in [1.82, 2.24) is 5.32 Å². The van der Waals surface area contributed by atoms with Crippen LogP contribution >= 0.6 is 0 Å². The molecule has 0 aliphatic carbocycles. The fourth-order valence-corrected chi connectivity index (χ4v) is 1.91. The van der Waals surface area contributed by atoms with Gasteiger partial charge in [0.15, 0.2) is 5.84 Å². The van der Waals surface area contributed by atoms with Crippen LogP contribution in [0.1, 0.15) is 52.9 Å². The average Bonchev–Trinajstić information content (AvgIpc) is 2.39. The maximum absolute atomic E-state index is 11.9. The van der Waals surface area contributed by atoms with Gasteiger partial charge in [-0.25, -0.2) is 0 Å². The fourth-order valence-electron chi connectivity index (χ4n) is 1.91. The Balaban J connectivity index is 4.20. The summed E-state index contributed by atoms with van der Waals surface area (Å²) in [7, 11) is 0. The summed E-state index contributed by atoms with van der Waals surface area (Å²) < 4.78 is 0. The molecule has 0 aliphatic rings. The fraction of sp³-hybridized carbons (Fsp3) is 0.846. The largest absolute Gasteiger partial charge is 0.409 e. The van der Waals surface area contributed by atoms with Crippen molar-refractivity contribution in [1.29, 1.82) is 0 Å². The third-order valence-electron chi connectivity index (χ3n) is 3.31. The molecule has 0 bridgehead atoms. The molecule has 0 aromatic heterocycles. The first-order chi connectivity index (χ1) is 8.60. The van der Waals surface area contributed by atoms with Gasteiger partial charge in [0.1, 0.15) is 0 Å². The molecule has 106 valence electrons. The summed E-state index contributed by atoms with van der Waals surface area (Å²) in [6.45, 7) is 6.81. The highest BCUT2D eigenvalue weighted by molar-refractivity contribution is 6.01. The molecule has 0 fully saturated rings. The van der Waals surface area contributed by atoms with E-state index >= 15 is 0 Å². The van der Waals surface area contributed by atoms with Gasteiger partial charge in [-0.3, -0.25) is 4.79 Å². The second-order valence-corrected chi connectivity index (χ2v) is 4.65. The van der Waals surface area contributed by atoms with Gasteiger partial charge in [0.05, 0.1) is 5.92 Å². The van der Waals surface area contributed by atoms with E-state index in [-0.39, 0.29) is 11.7 Å². The second-order valence-electron chi connectivity index (χ2n) is 4.65. The van der Waals surface area contributed by atoms with Gasteiger partial charge in [0.2, 0.25) is 5.91 Å². The molecule has 4 N–H and O–H groups in total. The van der Waals surface area contributed by atoms with Crippen molar-refractivity contribution >= 4 is 11.7 Å². The number of nitrogens with two attached hydrogens (primary N) is 1. The maximum Gasteiger partial charge on any atom is 0.230 e. The Kier molecular flexibility index (Phi) is 9.06. The van der Waals surface area contributed by atoms with Crippen molar-refractivity contribution in [2.75, 3.05) is 6.54 Å². The van der Waals surface area contributed by atoms with E-state index in [9.17, 15) is 4.79 Å². The van der Waals surface area contributed by atoms with Crippen LogP contribution in [0.5, 0.6) is 0 Å². The zero-order chi connectivity index (χ0) is 14.0. The molecule has 2 unspecified atom stereocenters. The van der Waals surface area contributed by atoms with Crippen molar-refractivity contribution in [2.24, 2.45) is 22.7 Å². The van der Waals surface area contributed by atoms with Crippen molar-refractivity contribution in [3.63, 3.8) is 0 Å². The van der Waals surface area contributed by atoms with E-state index in [4.69, 9.17) is 10.9 Å². The highest BCUT2D eigenvalue weighted by atomic mass is 16.4. The van der Waals surface area contributed by atoms with Crippen LogP contribution in [0.4, 0.5) is 0 Å². The predicted octanol–water partition coefficient (Wildman–Crippen LogP) is 2.09. The summed E-state index contributed by atoms with van der Waals surface area (Å²) in [6, 6.07) is 0. The first-order valence-corrected chi connectivity index (χ1v) is 6.85. The van der Waals surface area contributed by atoms with Crippen LogP contribution in [0.15, 0.2) is 5.16 Å². The predicted molar refractivity (Wildman–Crippen MR) is 73.5 cm³/mol. The number of hydrogen-bond acceptors (Lipinski definition) is 3. The average molecular weight is 257 g/mol. The lowest BCUT2D eigenvalue weighted by Crippen LogP contribution is -2.40. The lowest BCUT2D eigenvalue weighted by atomic mass is 9.98. The molecule has 0 saturated heterocycles. The second kappa shape index (κ2) is 9.74. The van der Waals surface area contributed by atoms with Gasteiger partial charge in [0.25, 0.3) is 0 Å². The van der Waals surface area contributed by atoms with E-state index in [0.29, 0.717) is 18.9 Å². The van der Waals surface area contributed by atoms with E-state index in [1.165, 1.54) is 12.8 Å². The van der Waals surface area contributed by atoms with E-state index < -0.39 is 5.92 Å². The molecule has 0 rings (SSSR count). The van der Waals surface area contributed by atoms with Crippen LogP contribution in [-0.2, 0) is 4.79 Å². The quantitative estimate of drug-likeness (QED) is 0.256. The molecule has 18 heavy (non-hydrogen) atoms. The molecule has 5 nitrogen and oxygen atoms in total. The highest BCUT2D eigenvalue weighted by Gasteiger charge is 2.21. The molecule has 1 amide bonds. The number of unbranched alkanes of at least 4 members (excludes halogenated alkanes) is 1. The Morgan fingerprint density at radius 1 is 1.33 bits per heavy atom. The summed E-state index contributed by atoms with van der Waals surface area (Å²) in [4.78, 5) is 11.9. The van der Waals surface area contributed by atoms with Crippen LogP contribution in [0.3, 0.4) is 0 Å². The minimum absolute atomic E-state index is 0.0170. The molecular formula is C13H27N3O2. The molecule has 0 aliphatic heterocycles. The Labute approximate surface area is 110 Å². The van der Waals surface area contributed by atoms with E-state index in [1.807, 2.05) is 6.92 Å². The summed E-state index contributed by atoms with van der Waals surface area (Å²) >= 11 is 0. The number of amides is 1. The summed E-state index contributed by atoms with van der Waals surface area (Å²) in [5.41, 5.74) is 5.49. The number of oxime groups is 1. The molecule has 0 spiro atoms. The van der Waals surface area contributed by atoms with Gasteiger partial charge < -0.3 is 16.3 Å². The van der Waals surface area contributed by atoms with Crippen LogP contribution < -0.4 is 11.1 Å². The van der Waals surface area contributed by atoms with Crippen molar-refractivity contribution in [3.8, 4) is 0 Å². The summed E-state index contributed by atoms with van der Waals surface area (Å²) in [6.07, 6.45) is 5.08. The topological polar surface area (TPSA) is 87.7 Å². The van der Waals surface area contributed by atoms with Crippen LogP contribution in [-0.4, -0.2) is 23.5 Å². The van der Waals surface area contributed by atoms with Gasteiger partial charge in [-0.2, -0.15) is 0 Å². The third-order valence-corrected chi connectivity index (χ3v) is 3.31. The number of nitrogens with zero attached hydrogens (tertiary/aromatic N) is 1. The smallest absolute Gasteiger partial charge is 0.230 e. The number of carbonyl (C=O) groups excluding carboxylic acids is 1. The number of hydrogen-bond donors (Lipinski definition) is 3. The molecular weight excluding hydrogens is 230 g/mol. The molecule has 0 aromatic rings. The maximum atomic E-state index is 11.9. The lowest BCUT2D eigenvalue weighted by Gasteiger charge is -2.18. The first kappa shape index (κ1) is 16.7. The van der Waals surface area contributed by atoms with E-state index in [0.717, 1.165) is 12.8 Å². The zero-order valence-corrected chi connectivity index (χ0v) is 11.8. The molecule has 0 heterocycles. The van der Waals surface area contributed by atoms with E-state index in [1.54, 1.807) is 0 Å². The summed E-state index contributed by atoms with van der Waals surface area (Å²) in [5, 5.41) is 14.4. The Morgan fingerprint density at radius 2 is 2.00 bits per heavy atom. The Bertz CT molecular complexity index is 267. The zero-order valence-electron chi connectivity index (χ0n) is 11.8. The molecule has 0 aromatic carbocycles. The normalized spacial score (nSPS) is 15.2. The standard InChI is InChI=1S/C13H27N3O2/c1-4-7-8-10(5-2)9-15-13(17)11(6-3)12(14)16-18/h10-11,18H,4-9H2,1-3H3,(H2,14,16)(H,15,17). The van der Waals surface area contributed by atoms with Gasteiger partial charge in [0, 0.05) is 6.54 Å². The van der Waals surface area contributed by atoms with Crippen molar-refractivity contribution in [2.45, 2.75) is 52.9 Å². The van der Waals surface area contributed by atoms with Gasteiger partial charge in [-0.1, -0.05) is 45.2 Å². The highest BCUT2D eigenvalue weighted by Crippen LogP contribution is 2.12. The molecule has 5 heteroatoms. The van der Waals surface area contributed by atoms with Gasteiger partial charge >= 0.3 is 0 Å². The molecule has 2 atom stereocenters. The molecule has 0 saturated carbocycles. The molecule has 0 radical (unpaired) electrons. The third kappa shape index (κ3) is 5.89. The first-order valence-electron chi connectivity index (χ1n) is 6.85. The summed E-state index contributed by atoms with van der Waals surface area (Å²) in [5.74, 6) is -0.184. The lowest BCUT2D eigenvalue weighted by molar-refractivity contribution is -0.123. The van der Waals surface area contributed by atoms with Crippen LogP contribution in [0, 0.1) is 11.8 Å². The van der Waals surface area contributed by atoms with Gasteiger partial charge in [-0.05, 0) is 18.8 Å². The van der Waals surface area contributed by atoms with Crippen LogP contribution in [0.2, 0.25) is 0 Å². The van der Waals surface area contributed by atoms with Gasteiger partial charge in [-0.15, -0.1) is 0 Å². The number of nitrogens with one attached hydrogen (secondary N) is 1. The minimum atomic E-state index is -0.529. The number of rotatable bonds is 9.